The quantitative estimate of drug-likeness (QED) is 0.726. The molecule has 0 unspecified atom stereocenters. The van der Waals surface area contributed by atoms with Crippen molar-refractivity contribution in [2.75, 3.05) is 13.1 Å². The van der Waals surface area contributed by atoms with Crippen LogP contribution in [0.25, 0.3) is 0 Å². The predicted molar refractivity (Wildman–Crippen MR) is 84.9 cm³/mol. The molecule has 20 heavy (non-hydrogen) atoms. The van der Waals surface area contributed by atoms with Crippen molar-refractivity contribution in [1.82, 2.24) is 4.90 Å². The lowest BCUT2D eigenvalue weighted by Crippen LogP contribution is -2.40. The van der Waals surface area contributed by atoms with Crippen molar-refractivity contribution in [2.24, 2.45) is 0 Å². The van der Waals surface area contributed by atoms with Gasteiger partial charge in [-0.1, -0.05) is 49.4 Å². The fraction of sp³-hybridized carbons (Fsp3) is 0.562. The zero-order chi connectivity index (χ0) is 14.5. The maximum Gasteiger partial charge on any atom is 0.178 e. The highest BCUT2D eigenvalue weighted by molar-refractivity contribution is 6.36. The highest BCUT2D eigenvalue weighted by Gasteiger charge is 2.23. The van der Waals surface area contributed by atoms with Crippen molar-refractivity contribution in [1.29, 1.82) is 0 Å². The van der Waals surface area contributed by atoms with E-state index < -0.39 is 0 Å². The largest absolute Gasteiger partial charge is 0.293 e. The lowest BCUT2D eigenvalue weighted by atomic mass is 9.94. The number of Topliss-reactive ketones (excluding diaryl/α,β-unsaturated/α-hetero) is 1. The van der Waals surface area contributed by atoms with E-state index in [1.807, 2.05) is 0 Å². The second-order valence-corrected chi connectivity index (χ2v) is 6.25. The summed E-state index contributed by atoms with van der Waals surface area (Å²) in [6.07, 6.45) is 6.28. The van der Waals surface area contributed by atoms with Crippen molar-refractivity contribution in [3.8, 4) is 0 Å². The lowest BCUT2D eigenvalue weighted by Gasteiger charge is -2.33. The van der Waals surface area contributed by atoms with Gasteiger partial charge in [0.25, 0.3) is 0 Å². The third kappa shape index (κ3) is 3.97. The minimum Gasteiger partial charge on any atom is -0.293 e. The fourth-order valence-corrected chi connectivity index (χ4v) is 3.44. The van der Waals surface area contributed by atoms with Gasteiger partial charge in [0, 0.05) is 16.6 Å². The van der Waals surface area contributed by atoms with Crippen LogP contribution in [-0.4, -0.2) is 29.8 Å². The summed E-state index contributed by atoms with van der Waals surface area (Å²) in [4.78, 5) is 14.7. The zero-order valence-electron chi connectivity index (χ0n) is 11.9. The van der Waals surface area contributed by atoms with Gasteiger partial charge in [0.05, 0.1) is 11.6 Å². The van der Waals surface area contributed by atoms with Crippen LogP contribution in [0.5, 0.6) is 0 Å². The second kappa shape index (κ2) is 7.44. The van der Waals surface area contributed by atoms with Gasteiger partial charge in [0.1, 0.15) is 0 Å². The normalized spacial score (nSPS) is 16.6. The summed E-state index contributed by atoms with van der Waals surface area (Å²) in [7, 11) is 0. The minimum atomic E-state index is 0.0825. The van der Waals surface area contributed by atoms with Gasteiger partial charge in [0.15, 0.2) is 5.78 Å². The Hall–Kier alpha value is -0.570. The number of likely N-dealkylation sites (N-methyl/N-ethyl adjacent to an activating group) is 1. The SMILES string of the molecule is CCN(CC(=O)c1ccc(Cl)cc1Cl)C1CCCCC1. The van der Waals surface area contributed by atoms with Crippen molar-refractivity contribution in [3.63, 3.8) is 0 Å². The molecule has 0 radical (unpaired) electrons. The highest BCUT2D eigenvalue weighted by Crippen LogP contribution is 2.25. The van der Waals surface area contributed by atoms with Gasteiger partial charge in [-0.25, -0.2) is 0 Å². The molecule has 0 aromatic heterocycles. The van der Waals surface area contributed by atoms with Crippen molar-refractivity contribution < 1.29 is 4.79 Å². The molecule has 0 amide bonds. The average molecular weight is 314 g/mol. The van der Waals surface area contributed by atoms with Crippen LogP contribution in [0.1, 0.15) is 49.4 Å². The monoisotopic (exact) mass is 313 g/mol. The summed E-state index contributed by atoms with van der Waals surface area (Å²) >= 11 is 12.0. The van der Waals surface area contributed by atoms with E-state index in [9.17, 15) is 4.79 Å². The Morgan fingerprint density at radius 2 is 1.95 bits per heavy atom. The molecule has 1 aromatic carbocycles. The van der Waals surface area contributed by atoms with Crippen LogP contribution in [0.4, 0.5) is 0 Å². The second-order valence-electron chi connectivity index (χ2n) is 5.40. The maximum atomic E-state index is 12.4. The van der Waals surface area contributed by atoms with Gasteiger partial charge >= 0.3 is 0 Å². The molecule has 2 nitrogen and oxygen atoms in total. The first-order valence-corrected chi connectivity index (χ1v) is 8.09. The van der Waals surface area contributed by atoms with Crippen molar-refractivity contribution in [2.45, 2.75) is 45.1 Å². The number of halogens is 2. The van der Waals surface area contributed by atoms with E-state index in [4.69, 9.17) is 23.2 Å². The Morgan fingerprint density at radius 3 is 2.55 bits per heavy atom. The number of nitrogens with zero attached hydrogens (tertiary/aromatic N) is 1. The standard InChI is InChI=1S/C16H21Cl2NO/c1-2-19(13-6-4-3-5-7-13)11-16(20)14-9-8-12(17)10-15(14)18/h8-10,13H,2-7,11H2,1H3. The summed E-state index contributed by atoms with van der Waals surface area (Å²) in [5.41, 5.74) is 0.574. The van der Waals surface area contributed by atoms with Gasteiger partial charge < -0.3 is 0 Å². The number of rotatable bonds is 5. The molecule has 0 saturated heterocycles. The molecule has 0 N–H and O–H groups in total. The molecule has 0 spiro atoms. The number of ketones is 1. The first-order chi connectivity index (χ1) is 9.61. The molecular formula is C16H21Cl2NO. The first kappa shape index (κ1) is 15.8. The van der Waals surface area contributed by atoms with E-state index in [1.54, 1.807) is 18.2 Å². The Morgan fingerprint density at radius 1 is 1.25 bits per heavy atom. The Kier molecular flexibility index (Phi) is 5.88. The van der Waals surface area contributed by atoms with Crippen LogP contribution in [0.3, 0.4) is 0 Å². The number of carbonyl (C=O) groups excluding carboxylic acids is 1. The Labute approximate surface area is 131 Å². The number of carbonyl (C=O) groups is 1. The van der Waals surface area contributed by atoms with E-state index in [0.717, 1.165) is 6.54 Å². The predicted octanol–water partition coefficient (Wildman–Crippen LogP) is 4.83. The smallest absolute Gasteiger partial charge is 0.178 e. The van der Waals surface area contributed by atoms with Crippen LogP contribution < -0.4 is 0 Å². The van der Waals surface area contributed by atoms with Gasteiger partial charge in [0.2, 0.25) is 0 Å². The van der Waals surface area contributed by atoms with Gasteiger partial charge in [-0.3, -0.25) is 9.69 Å². The molecule has 1 aliphatic rings. The van der Waals surface area contributed by atoms with Gasteiger partial charge in [-0.15, -0.1) is 0 Å². The molecule has 1 aliphatic carbocycles. The highest BCUT2D eigenvalue weighted by atomic mass is 35.5. The fourth-order valence-electron chi connectivity index (χ4n) is 2.93. The molecule has 0 atom stereocenters. The van der Waals surface area contributed by atoms with E-state index in [-0.39, 0.29) is 5.78 Å². The lowest BCUT2D eigenvalue weighted by molar-refractivity contribution is 0.0868. The zero-order valence-corrected chi connectivity index (χ0v) is 13.4. The molecule has 1 saturated carbocycles. The Balaban J connectivity index is 2.04. The van der Waals surface area contributed by atoms with Crippen LogP contribution in [0, 0.1) is 0 Å². The third-order valence-corrected chi connectivity index (χ3v) is 4.62. The maximum absolute atomic E-state index is 12.4. The van der Waals surface area contributed by atoms with Crippen LogP contribution >= 0.6 is 23.2 Å². The molecular weight excluding hydrogens is 293 g/mol. The van der Waals surface area contributed by atoms with Crippen LogP contribution in [0.15, 0.2) is 18.2 Å². The number of benzene rings is 1. The van der Waals surface area contributed by atoms with Crippen molar-refractivity contribution >= 4 is 29.0 Å². The summed E-state index contributed by atoms with van der Waals surface area (Å²) in [5.74, 6) is 0.0825. The molecule has 0 heterocycles. The summed E-state index contributed by atoms with van der Waals surface area (Å²) in [6, 6.07) is 5.62. The molecule has 0 aliphatic heterocycles. The van der Waals surface area contributed by atoms with Crippen LogP contribution in [-0.2, 0) is 0 Å². The summed E-state index contributed by atoms with van der Waals surface area (Å²) in [5, 5.41) is 1.01. The molecule has 2 rings (SSSR count). The first-order valence-electron chi connectivity index (χ1n) is 7.34. The van der Waals surface area contributed by atoms with E-state index >= 15 is 0 Å². The average Bonchev–Trinajstić information content (AvgIpc) is 2.45. The topological polar surface area (TPSA) is 20.3 Å². The molecule has 1 aromatic rings. The van der Waals surface area contributed by atoms with Crippen LogP contribution in [0.2, 0.25) is 10.0 Å². The summed E-state index contributed by atoms with van der Waals surface area (Å²) < 4.78 is 0. The van der Waals surface area contributed by atoms with Gasteiger partial charge in [-0.05, 0) is 37.6 Å². The molecule has 1 fully saturated rings. The molecule has 0 bridgehead atoms. The van der Waals surface area contributed by atoms with Gasteiger partial charge in [-0.2, -0.15) is 0 Å². The molecule has 110 valence electrons. The minimum absolute atomic E-state index is 0.0825. The number of hydrogen-bond donors (Lipinski definition) is 0. The number of hydrogen-bond acceptors (Lipinski definition) is 2. The van der Waals surface area contributed by atoms with E-state index in [0.29, 0.717) is 28.2 Å². The molecule has 4 heteroatoms. The van der Waals surface area contributed by atoms with E-state index in [1.165, 1.54) is 32.1 Å². The van der Waals surface area contributed by atoms with Crippen molar-refractivity contribution in [3.05, 3.63) is 33.8 Å². The summed E-state index contributed by atoms with van der Waals surface area (Å²) in [6.45, 7) is 3.47. The third-order valence-electron chi connectivity index (χ3n) is 4.08. The van der Waals surface area contributed by atoms with E-state index in [2.05, 4.69) is 11.8 Å². The Bertz CT molecular complexity index is 470.